The van der Waals surface area contributed by atoms with E-state index in [1.54, 1.807) is 43.3 Å². The Labute approximate surface area is 165 Å². The Balaban J connectivity index is 1.67. The number of nitrogens with one attached hydrogen (secondary N) is 2. The van der Waals surface area contributed by atoms with Crippen molar-refractivity contribution in [1.29, 1.82) is 0 Å². The molecule has 2 N–H and O–H groups in total. The Bertz CT molecular complexity index is 1030. The molecule has 3 rings (SSSR count). The largest absolute Gasteiger partial charge is 0.491 e. The maximum Gasteiger partial charge on any atom is 0.262 e. The summed E-state index contributed by atoms with van der Waals surface area (Å²) >= 11 is 0. The van der Waals surface area contributed by atoms with Gasteiger partial charge in [0.15, 0.2) is 0 Å². The van der Waals surface area contributed by atoms with Crippen molar-refractivity contribution in [2.24, 2.45) is 0 Å². The van der Waals surface area contributed by atoms with Gasteiger partial charge in [-0.25, -0.2) is 13.4 Å². The van der Waals surface area contributed by atoms with Gasteiger partial charge in [-0.1, -0.05) is 18.2 Å². The van der Waals surface area contributed by atoms with Crippen LogP contribution in [-0.2, 0) is 10.0 Å². The summed E-state index contributed by atoms with van der Waals surface area (Å²) in [5.41, 5.74) is 1.94. The van der Waals surface area contributed by atoms with Crippen LogP contribution >= 0.6 is 0 Å². The molecule has 0 spiro atoms. The number of hydrogen-bond acceptors (Lipinski definition) is 5. The van der Waals surface area contributed by atoms with Crippen LogP contribution in [0.4, 0.5) is 17.2 Å². The number of aromatic nitrogens is 1. The third kappa shape index (κ3) is 5.01. The zero-order valence-electron chi connectivity index (χ0n) is 16.0. The molecule has 0 radical (unpaired) electrons. The normalized spacial score (nSPS) is 11.3. The van der Waals surface area contributed by atoms with Crippen molar-refractivity contribution in [2.45, 2.75) is 31.8 Å². The number of benzene rings is 2. The van der Waals surface area contributed by atoms with Gasteiger partial charge in [-0.15, -0.1) is 0 Å². The molecule has 0 aliphatic rings. The molecule has 0 bridgehead atoms. The SMILES string of the molecule is Cc1ccccc1S(=O)(=O)Nc1ccc(Nc2ccc(OC(C)C)cc2)nc1. The summed E-state index contributed by atoms with van der Waals surface area (Å²) in [5, 5.41) is 3.17. The number of hydrogen-bond donors (Lipinski definition) is 2. The maximum atomic E-state index is 12.5. The molecule has 7 heteroatoms. The van der Waals surface area contributed by atoms with Crippen LogP contribution in [-0.4, -0.2) is 19.5 Å². The molecule has 1 heterocycles. The Morgan fingerprint density at radius 3 is 2.21 bits per heavy atom. The number of anilines is 3. The van der Waals surface area contributed by atoms with Crippen molar-refractivity contribution in [3.05, 3.63) is 72.4 Å². The third-order valence-electron chi connectivity index (χ3n) is 3.90. The molecule has 0 atom stereocenters. The number of rotatable bonds is 7. The Morgan fingerprint density at radius 2 is 1.61 bits per heavy atom. The van der Waals surface area contributed by atoms with Crippen LogP contribution in [0.2, 0.25) is 0 Å². The average molecular weight is 398 g/mol. The van der Waals surface area contributed by atoms with E-state index in [2.05, 4.69) is 15.0 Å². The van der Waals surface area contributed by atoms with Gasteiger partial charge in [0.1, 0.15) is 11.6 Å². The van der Waals surface area contributed by atoms with Gasteiger partial charge in [0.25, 0.3) is 10.0 Å². The number of sulfonamides is 1. The molecule has 3 aromatic rings. The van der Waals surface area contributed by atoms with Crippen LogP contribution in [0, 0.1) is 6.92 Å². The summed E-state index contributed by atoms with van der Waals surface area (Å²) in [5.74, 6) is 1.41. The first kappa shape index (κ1) is 19.7. The summed E-state index contributed by atoms with van der Waals surface area (Å²) in [6.45, 7) is 5.72. The lowest BCUT2D eigenvalue weighted by molar-refractivity contribution is 0.242. The molecule has 0 amide bonds. The minimum atomic E-state index is -3.65. The standard InChI is InChI=1S/C21H23N3O3S/c1-15(2)27-19-11-8-17(9-12-19)23-21-13-10-18(14-22-21)24-28(25,26)20-7-5-4-6-16(20)3/h4-15,24H,1-3H3,(H,22,23). The van der Waals surface area contributed by atoms with E-state index < -0.39 is 10.0 Å². The molecule has 146 valence electrons. The lowest BCUT2D eigenvalue weighted by Gasteiger charge is -2.12. The van der Waals surface area contributed by atoms with Crippen LogP contribution in [0.5, 0.6) is 5.75 Å². The quantitative estimate of drug-likeness (QED) is 0.603. The van der Waals surface area contributed by atoms with E-state index in [0.717, 1.165) is 11.4 Å². The lowest BCUT2D eigenvalue weighted by Crippen LogP contribution is -2.14. The number of ether oxygens (including phenoxy) is 1. The second-order valence-corrected chi connectivity index (χ2v) is 8.27. The highest BCUT2D eigenvalue weighted by molar-refractivity contribution is 7.92. The van der Waals surface area contributed by atoms with Crippen molar-refractivity contribution in [3.8, 4) is 5.75 Å². The van der Waals surface area contributed by atoms with Crippen molar-refractivity contribution in [3.63, 3.8) is 0 Å². The topological polar surface area (TPSA) is 80.3 Å². The number of pyridine rings is 1. The molecule has 0 saturated heterocycles. The van der Waals surface area contributed by atoms with Gasteiger partial charge in [-0.2, -0.15) is 0 Å². The number of aryl methyl sites for hydroxylation is 1. The highest BCUT2D eigenvalue weighted by Crippen LogP contribution is 2.22. The lowest BCUT2D eigenvalue weighted by atomic mass is 10.2. The summed E-state index contributed by atoms with van der Waals surface area (Å²) < 4.78 is 33.3. The monoisotopic (exact) mass is 397 g/mol. The van der Waals surface area contributed by atoms with Crippen LogP contribution in [0.25, 0.3) is 0 Å². The van der Waals surface area contributed by atoms with E-state index in [9.17, 15) is 8.42 Å². The van der Waals surface area contributed by atoms with Gasteiger partial charge >= 0.3 is 0 Å². The van der Waals surface area contributed by atoms with Gasteiger partial charge < -0.3 is 10.1 Å². The van der Waals surface area contributed by atoms with Gasteiger partial charge in [0.05, 0.1) is 22.9 Å². The molecular weight excluding hydrogens is 374 g/mol. The minimum Gasteiger partial charge on any atom is -0.491 e. The first-order valence-electron chi connectivity index (χ1n) is 8.92. The average Bonchev–Trinajstić information content (AvgIpc) is 2.64. The summed E-state index contributed by atoms with van der Waals surface area (Å²) in [6, 6.07) is 17.8. The Hall–Kier alpha value is -3.06. The van der Waals surface area contributed by atoms with E-state index in [1.165, 1.54) is 6.20 Å². The molecule has 0 saturated carbocycles. The summed E-state index contributed by atoms with van der Waals surface area (Å²) in [7, 11) is -3.65. The van der Waals surface area contributed by atoms with Gasteiger partial charge in [-0.3, -0.25) is 4.72 Å². The van der Waals surface area contributed by atoms with E-state index in [1.807, 2.05) is 38.1 Å². The fraction of sp³-hybridized carbons (Fsp3) is 0.190. The maximum absolute atomic E-state index is 12.5. The third-order valence-corrected chi connectivity index (χ3v) is 5.44. The highest BCUT2D eigenvalue weighted by atomic mass is 32.2. The fourth-order valence-corrected chi connectivity index (χ4v) is 3.92. The first-order valence-corrected chi connectivity index (χ1v) is 10.4. The predicted molar refractivity (Wildman–Crippen MR) is 112 cm³/mol. The second kappa shape index (κ2) is 8.31. The van der Waals surface area contributed by atoms with Crippen LogP contribution < -0.4 is 14.8 Å². The van der Waals surface area contributed by atoms with Crippen molar-refractivity contribution >= 4 is 27.2 Å². The molecule has 6 nitrogen and oxygen atoms in total. The molecule has 0 fully saturated rings. The molecule has 28 heavy (non-hydrogen) atoms. The first-order chi connectivity index (χ1) is 13.3. The smallest absolute Gasteiger partial charge is 0.262 e. The second-order valence-electron chi connectivity index (χ2n) is 6.62. The Kier molecular flexibility index (Phi) is 5.84. The number of nitrogens with zero attached hydrogens (tertiary/aromatic N) is 1. The zero-order chi connectivity index (χ0) is 20.1. The molecule has 0 aliphatic heterocycles. The van der Waals surface area contributed by atoms with Crippen LogP contribution in [0.15, 0.2) is 71.8 Å². The van der Waals surface area contributed by atoms with E-state index in [0.29, 0.717) is 17.1 Å². The van der Waals surface area contributed by atoms with Crippen molar-refractivity contribution in [2.75, 3.05) is 10.0 Å². The molecule has 1 aromatic heterocycles. The predicted octanol–water partition coefficient (Wildman–Crippen LogP) is 4.72. The van der Waals surface area contributed by atoms with Gasteiger partial charge in [0.2, 0.25) is 0 Å². The van der Waals surface area contributed by atoms with Crippen LogP contribution in [0.3, 0.4) is 0 Å². The summed E-state index contributed by atoms with van der Waals surface area (Å²) in [4.78, 5) is 4.53. The molecule has 0 unspecified atom stereocenters. The van der Waals surface area contributed by atoms with Gasteiger partial charge in [0, 0.05) is 5.69 Å². The van der Waals surface area contributed by atoms with Crippen molar-refractivity contribution in [1.82, 2.24) is 4.98 Å². The zero-order valence-corrected chi connectivity index (χ0v) is 16.8. The minimum absolute atomic E-state index is 0.122. The molecule has 2 aromatic carbocycles. The van der Waals surface area contributed by atoms with E-state index >= 15 is 0 Å². The molecule has 0 aliphatic carbocycles. The Morgan fingerprint density at radius 1 is 0.929 bits per heavy atom. The molecular formula is C21H23N3O3S. The highest BCUT2D eigenvalue weighted by Gasteiger charge is 2.16. The van der Waals surface area contributed by atoms with Crippen molar-refractivity contribution < 1.29 is 13.2 Å². The fourth-order valence-electron chi connectivity index (χ4n) is 2.63. The van der Waals surface area contributed by atoms with E-state index in [4.69, 9.17) is 4.74 Å². The summed E-state index contributed by atoms with van der Waals surface area (Å²) in [6.07, 6.45) is 1.60. The van der Waals surface area contributed by atoms with Crippen LogP contribution in [0.1, 0.15) is 19.4 Å². The van der Waals surface area contributed by atoms with Gasteiger partial charge in [-0.05, 0) is 68.8 Å². The van der Waals surface area contributed by atoms with E-state index in [-0.39, 0.29) is 11.0 Å².